The van der Waals surface area contributed by atoms with E-state index in [4.69, 9.17) is 4.98 Å². The summed E-state index contributed by atoms with van der Waals surface area (Å²) in [5.41, 5.74) is 1.26. The summed E-state index contributed by atoms with van der Waals surface area (Å²) in [6, 6.07) is 7.31. The number of aromatic nitrogens is 3. The molecule has 2 aliphatic rings. The Morgan fingerprint density at radius 1 is 1.08 bits per heavy atom. The average molecular weight is 338 g/mol. The predicted octanol–water partition coefficient (Wildman–Crippen LogP) is 4.34. The molecular formula is C21H30N4. The molecule has 1 saturated carbocycles. The van der Waals surface area contributed by atoms with Crippen LogP contribution in [-0.4, -0.2) is 38.6 Å². The lowest BCUT2D eigenvalue weighted by molar-refractivity contribution is 0.118. The fourth-order valence-electron chi connectivity index (χ4n) is 4.63. The molecular weight excluding hydrogens is 308 g/mol. The van der Waals surface area contributed by atoms with Crippen LogP contribution < -0.4 is 0 Å². The zero-order valence-electron chi connectivity index (χ0n) is 15.4. The fourth-order valence-corrected chi connectivity index (χ4v) is 4.63. The van der Waals surface area contributed by atoms with E-state index >= 15 is 0 Å². The lowest BCUT2D eigenvalue weighted by Gasteiger charge is -2.40. The van der Waals surface area contributed by atoms with Gasteiger partial charge in [0.05, 0.1) is 0 Å². The number of aryl methyl sites for hydroxylation is 1. The van der Waals surface area contributed by atoms with Gasteiger partial charge in [0.2, 0.25) is 0 Å². The highest BCUT2D eigenvalue weighted by Gasteiger charge is 2.28. The van der Waals surface area contributed by atoms with Crippen molar-refractivity contribution >= 4 is 0 Å². The van der Waals surface area contributed by atoms with Crippen molar-refractivity contribution in [3.8, 4) is 5.82 Å². The van der Waals surface area contributed by atoms with Gasteiger partial charge in [0.1, 0.15) is 11.6 Å². The molecule has 1 saturated heterocycles. The summed E-state index contributed by atoms with van der Waals surface area (Å²) in [4.78, 5) is 12.2. The average Bonchev–Trinajstić information content (AvgIpc) is 3.18. The van der Waals surface area contributed by atoms with Crippen molar-refractivity contribution in [2.45, 2.75) is 70.3 Å². The van der Waals surface area contributed by atoms with E-state index in [9.17, 15) is 0 Å². The van der Waals surface area contributed by atoms with Gasteiger partial charge in [0.25, 0.3) is 0 Å². The van der Waals surface area contributed by atoms with Crippen molar-refractivity contribution in [1.82, 2.24) is 19.4 Å². The summed E-state index contributed by atoms with van der Waals surface area (Å²) in [6.07, 6.45) is 14.5. The molecule has 0 spiro atoms. The van der Waals surface area contributed by atoms with Gasteiger partial charge in [-0.3, -0.25) is 9.47 Å². The van der Waals surface area contributed by atoms with Crippen LogP contribution in [0.4, 0.5) is 0 Å². The molecule has 0 radical (unpaired) electrons. The summed E-state index contributed by atoms with van der Waals surface area (Å²) < 4.78 is 2.13. The molecule has 0 N–H and O–H groups in total. The van der Waals surface area contributed by atoms with E-state index in [1.54, 1.807) is 0 Å². The normalized spacial score (nSPS) is 23.0. The minimum Gasteiger partial charge on any atom is -0.300 e. The maximum Gasteiger partial charge on any atom is 0.138 e. The highest BCUT2D eigenvalue weighted by atomic mass is 15.2. The molecule has 4 heteroatoms. The number of hydrogen-bond acceptors (Lipinski definition) is 3. The summed E-state index contributed by atoms with van der Waals surface area (Å²) in [5, 5.41) is 0. The Bertz CT molecular complexity index is 687. The molecule has 134 valence electrons. The number of imidazole rings is 1. The standard InChI is InChI=1S/C21H30N4/c1-2-20-22-13-15-25(20)21-12-6-11-19(23-21)17-8-7-14-24(16-17)18-9-4-3-5-10-18/h6,11-13,15,17-18H,2-5,7-10,14,16H2,1H3. The first-order valence-electron chi connectivity index (χ1n) is 10.1. The molecule has 1 atom stereocenters. The van der Waals surface area contributed by atoms with Crippen LogP contribution in [0.1, 0.15) is 69.3 Å². The molecule has 2 aromatic rings. The van der Waals surface area contributed by atoms with Gasteiger partial charge in [-0.05, 0) is 44.4 Å². The van der Waals surface area contributed by atoms with Crippen molar-refractivity contribution in [3.05, 3.63) is 42.1 Å². The number of rotatable bonds is 4. The second-order valence-electron chi connectivity index (χ2n) is 7.61. The van der Waals surface area contributed by atoms with E-state index in [1.807, 2.05) is 12.4 Å². The van der Waals surface area contributed by atoms with Gasteiger partial charge in [0, 0.05) is 43.0 Å². The maximum absolute atomic E-state index is 5.02. The third-order valence-corrected chi connectivity index (χ3v) is 6.00. The van der Waals surface area contributed by atoms with Crippen LogP contribution in [0, 0.1) is 0 Å². The summed E-state index contributed by atoms with van der Waals surface area (Å²) >= 11 is 0. The van der Waals surface area contributed by atoms with Crippen LogP contribution in [0.3, 0.4) is 0 Å². The second-order valence-corrected chi connectivity index (χ2v) is 7.61. The zero-order valence-corrected chi connectivity index (χ0v) is 15.4. The molecule has 4 nitrogen and oxygen atoms in total. The molecule has 0 bridgehead atoms. The summed E-state index contributed by atoms with van der Waals surface area (Å²) in [7, 11) is 0. The number of pyridine rings is 1. The van der Waals surface area contributed by atoms with Crippen LogP contribution in [0.15, 0.2) is 30.6 Å². The first-order chi connectivity index (χ1) is 12.3. The van der Waals surface area contributed by atoms with Gasteiger partial charge in [0.15, 0.2) is 0 Å². The van der Waals surface area contributed by atoms with E-state index in [-0.39, 0.29) is 0 Å². The summed E-state index contributed by atoms with van der Waals surface area (Å²) in [5.74, 6) is 2.67. The Morgan fingerprint density at radius 2 is 1.96 bits per heavy atom. The third-order valence-electron chi connectivity index (χ3n) is 6.00. The minimum absolute atomic E-state index is 0.573. The van der Waals surface area contributed by atoms with Crippen LogP contribution in [0.25, 0.3) is 5.82 Å². The van der Waals surface area contributed by atoms with Crippen molar-refractivity contribution in [3.63, 3.8) is 0 Å². The number of hydrogen-bond donors (Lipinski definition) is 0. The Kier molecular flexibility index (Phi) is 5.16. The third kappa shape index (κ3) is 3.64. The lowest BCUT2D eigenvalue weighted by atomic mass is 9.89. The van der Waals surface area contributed by atoms with Gasteiger partial charge in [-0.2, -0.15) is 0 Å². The SMILES string of the molecule is CCc1nccn1-c1cccc(C2CCCN(C3CCCCC3)C2)n1. The zero-order chi connectivity index (χ0) is 17.1. The van der Waals surface area contributed by atoms with Gasteiger partial charge >= 0.3 is 0 Å². The smallest absolute Gasteiger partial charge is 0.138 e. The largest absolute Gasteiger partial charge is 0.300 e. The van der Waals surface area contributed by atoms with Gasteiger partial charge in [-0.1, -0.05) is 32.3 Å². The first kappa shape index (κ1) is 16.8. The molecule has 0 amide bonds. The lowest BCUT2D eigenvalue weighted by Crippen LogP contribution is -2.43. The number of piperidine rings is 1. The molecule has 0 aromatic carbocycles. The fraction of sp³-hybridized carbons (Fsp3) is 0.619. The van der Waals surface area contributed by atoms with Crippen molar-refractivity contribution in [1.29, 1.82) is 0 Å². The maximum atomic E-state index is 5.02. The molecule has 2 fully saturated rings. The van der Waals surface area contributed by atoms with Crippen molar-refractivity contribution in [2.24, 2.45) is 0 Å². The van der Waals surface area contributed by atoms with Crippen LogP contribution in [0.2, 0.25) is 0 Å². The Morgan fingerprint density at radius 3 is 2.80 bits per heavy atom. The topological polar surface area (TPSA) is 34.0 Å². The molecule has 4 rings (SSSR count). The van der Waals surface area contributed by atoms with E-state index in [0.29, 0.717) is 5.92 Å². The number of likely N-dealkylation sites (tertiary alicyclic amines) is 1. The monoisotopic (exact) mass is 338 g/mol. The molecule has 25 heavy (non-hydrogen) atoms. The molecule has 1 unspecified atom stereocenters. The molecule has 2 aromatic heterocycles. The second kappa shape index (κ2) is 7.69. The molecule has 1 aliphatic heterocycles. The van der Waals surface area contributed by atoms with Gasteiger partial charge in [-0.25, -0.2) is 9.97 Å². The Hall–Kier alpha value is -1.68. The van der Waals surface area contributed by atoms with Gasteiger partial charge < -0.3 is 0 Å². The Labute approximate surface area is 151 Å². The Balaban J connectivity index is 1.52. The highest BCUT2D eigenvalue weighted by Crippen LogP contribution is 2.31. The highest BCUT2D eigenvalue weighted by molar-refractivity contribution is 5.28. The van der Waals surface area contributed by atoms with E-state index < -0.39 is 0 Å². The van der Waals surface area contributed by atoms with E-state index in [1.165, 1.54) is 63.7 Å². The minimum atomic E-state index is 0.573. The van der Waals surface area contributed by atoms with Crippen LogP contribution in [-0.2, 0) is 6.42 Å². The van der Waals surface area contributed by atoms with E-state index in [2.05, 4.69) is 39.6 Å². The first-order valence-corrected chi connectivity index (χ1v) is 10.1. The summed E-state index contributed by atoms with van der Waals surface area (Å²) in [6.45, 7) is 4.61. The van der Waals surface area contributed by atoms with Gasteiger partial charge in [-0.15, -0.1) is 0 Å². The number of nitrogens with zero attached hydrogens (tertiary/aromatic N) is 4. The van der Waals surface area contributed by atoms with E-state index in [0.717, 1.165) is 24.1 Å². The molecule has 3 heterocycles. The van der Waals surface area contributed by atoms with Crippen LogP contribution in [0.5, 0.6) is 0 Å². The van der Waals surface area contributed by atoms with Crippen LogP contribution >= 0.6 is 0 Å². The van der Waals surface area contributed by atoms with Crippen molar-refractivity contribution in [2.75, 3.05) is 13.1 Å². The quantitative estimate of drug-likeness (QED) is 0.831. The van der Waals surface area contributed by atoms with Crippen molar-refractivity contribution < 1.29 is 0 Å². The predicted molar refractivity (Wildman–Crippen MR) is 101 cm³/mol. The molecule has 1 aliphatic carbocycles.